The van der Waals surface area contributed by atoms with Crippen molar-refractivity contribution in [2.75, 3.05) is 46.5 Å². The first kappa shape index (κ1) is 22.0. The molecular formula is C20H21F3N6O3. The van der Waals surface area contributed by atoms with Crippen molar-refractivity contribution in [3.63, 3.8) is 0 Å². The number of rotatable bonds is 6. The molecule has 170 valence electrons. The van der Waals surface area contributed by atoms with Crippen molar-refractivity contribution < 1.29 is 27.4 Å². The number of nitrogens with zero attached hydrogens (tertiary/aromatic N) is 5. The lowest BCUT2D eigenvalue weighted by atomic mass is 10.1. The predicted octanol–water partition coefficient (Wildman–Crippen LogP) is 1.88. The summed E-state index contributed by atoms with van der Waals surface area (Å²) in [5.41, 5.74) is -0.578. The Kier molecular flexibility index (Phi) is 6.24. The molecule has 0 spiro atoms. The van der Waals surface area contributed by atoms with Crippen molar-refractivity contribution in [1.82, 2.24) is 29.8 Å². The number of methoxy groups -OCH3 is 1. The predicted molar refractivity (Wildman–Crippen MR) is 107 cm³/mol. The van der Waals surface area contributed by atoms with Gasteiger partial charge in [-0.3, -0.25) is 9.69 Å². The number of carbonyl (C=O) groups is 1. The normalized spacial score (nSPS) is 15.1. The van der Waals surface area contributed by atoms with Crippen LogP contribution in [-0.2, 0) is 10.9 Å². The first-order valence-corrected chi connectivity index (χ1v) is 9.93. The van der Waals surface area contributed by atoms with Gasteiger partial charge >= 0.3 is 6.18 Å². The average molecular weight is 450 g/mol. The number of ether oxygens (including phenoxy) is 2. The molecule has 3 heterocycles. The number of halogens is 3. The van der Waals surface area contributed by atoms with Gasteiger partial charge in [0.1, 0.15) is 5.75 Å². The smallest absolute Gasteiger partial charge is 0.433 e. The lowest BCUT2D eigenvalue weighted by Gasteiger charge is -2.26. The number of hydrogen-bond donors (Lipinski definition) is 1. The van der Waals surface area contributed by atoms with E-state index >= 15 is 0 Å². The zero-order valence-corrected chi connectivity index (χ0v) is 17.2. The number of amides is 1. The molecule has 0 unspecified atom stereocenters. The monoisotopic (exact) mass is 450 g/mol. The molecule has 0 aliphatic carbocycles. The van der Waals surface area contributed by atoms with Crippen LogP contribution in [0.5, 0.6) is 5.75 Å². The minimum atomic E-state index is -4.72. The summed E-state index contributed by atoms with van der Waals surface area (Å²) in [4.78, 5) is 22.7. The quantitative estimate of drug-likeness (QED) is 0.613. The first-order valence-electron chi connectivity index (χ1n) is 9.93. The van der Waals surface area contributed by atoms with Crippen LogP contribution in [0.3, 0.4) is 0 Å². The Bertz CT molecular complexity index is 1090. The molecule has 4 rings (SSSR count). The van der Waals surface area contributed by atoms with Gasteiger partial charge in [-0.05, 0) is 30.3 Å². The number of nitrogens with one attached hydrogen (secondary N) is 1. The van der Waals surface area contributed by atoms with Crippen molar-refractivity contribution >= 4 is 11.7 Å². The average Bonchev–Trinajstić information content (AvgIpc) is 3.23. The molecule has 12 heteroatoms. The summed E-state index contributed by atoms with van der Waals surface area (Å²) < 4.78 is 52.0. The lowest BCUT2D eigenvalue weighted by molar-refractivity contribution is -0.142. The summed E-state index contributed by atoms with van der Waals surface area (Å²) >= 11 is 0. The molecular weight excluding hydrogens is 429 g/mol. The summed E-state index contributed by atoms with van der Waals surface area (Å²) in [6.07, 6.45) is -4.72. The molecule has 32 heavy (non-hydrogen) atoms. The number of alkyl halides is 3. The number of morpholine rings is 1. The summed E-state index contributed by atoms with van der Waals surface area (Å²) in [6, 6.07) is 7.29. The van der Waals surface area contributed by atoms with E-state index in [1.165, 1.54) is 7.11 Å². The van der Waals surface area contributed by atoms with Gasteiger partial charge < -0.3 is 14.8 Å². The maximum atomic E-state index is 13.7. The third-order valence-electron chi connectivity index (χ3n) is 5.01. The zero-order chi connectivity index (χ0) is 22.7. The van der Waals surface area contributed by atoms with E-state index in [4.69, 9.17) is 9.47 Å². The Hall–Kier alpha value is -3.25. The van der Waals surface area contributed by atoms with Crippen LogP contribution in [0.4, 0.5) is 13.2 Å². The number of carbonyl (C=O) groups excluding carboxylic acids is 1. The molecule has 9 nitrogen and oxygen atoms in total. The van der Waals surface area contributed by atoms with Gasteiger partial charge in [0.2, 0.25) is 5.82 Å². The molecule has 1 aliphatic heterocycles. The highest BCUT2D eigenvalue weighted by Gasteiger charge is 2.36. The molecule has 1 aromatic carbocycles. The van der Waals surface area contributed by atoms with Crippen LogP contribution in [0, 0.1) is 0 Å². The fourth-order valence-corrected chi connectivity index (χ4v) is 3.31. The molecule has 1 amide bonds. The minimum Gasteiger partial charge on any atom is -0.497 e. The van der Waals surface area contributed by atoms with Gasteiger partial charge in [-0.25, -0.2) is 4.98 Å². The van der Waals surface area contributed by atoms with E-state index < -0.39 is 17.8 Å². The van der Waals surface area contributed by atoms with E-state index in [1.807, 2.05) is 0 Å². The Morgan fingerprint density at radius 3 is 2.56 bits per heavy atom. The summed E-state index contributed by atoms with van der Waals surface area (Å²) in [6.45, 7) is 3.68. The van der Waals surface area contributed by atoms with Crippen molar-refractivity contribution in [2.45, 2.75) is 6.18 Å². The Morgan fingerprint density at radius 2 is 1.91 bits per heavy atom. The van der Waals surface area contributed by atoms with Crippen LogP contribution >= 0.6 is 0 Å². The number of fused-ring (bicyclic) bond motifs is 1. The molecule has 3 aromatic rings. The second kappa shape index (κ2) is 9.09. The van der Waals surface area contributed by atoms with E-state index in [0.717, 1.165) is 19.2 Å². The Morgan fingerprint density at radius 1 is 1.19 bits per heavy atom. The highest BCUT2D eigenvalue weighted by Crippen LogP contribution is 2.32. The van der Waals surface area contributed by atoms with E-state index in [-0.39, 0.29) is 17.3 Å². The van der Waals surface area contributed by atoms with Gasteiger partial charge in [0.25, 0.3) is 11.7 Å². The van der Waals surface area contributed by atoms with Gasteiger partial charge in [0.15, 0.2) is 5.69 Å². The summed E-state index contributed by atoms with van der Waals surface area (Å²) in [5, 5.41) is 6.41. The van der Waals surface area contributed by atoms with Crippen LogP contribution in [0.15, 0.2) is 30.3 Å². The molecule has 0 atom stereocenters. The summed E-state index contributed by atoms with van der Waals surface area (Å²) in [7, 11) is 1.49. The SMILES string of the molecule is COc1ccc(-c2cc(C(F)(F)F)n3nc(C(=O)NCCN4CCOCC4)nc3n2)cc1. The van der Waals surface area contributed by atoms with Gasteiger partial charge in [-0.1, -0.05) is 0 Å². The molecule has 1 saturated heterocycles. The number of hydrogen-bond acceptors (Lipinski definition) is 7. The van der Waals surface area contributed by atoms with Gasteiger partial charge in [-0.2, -0.15) is 22.7 Å². The standard InChI is InChI=1S/C20H21F3N6O3/c1-31-14-4-2-13(3-5-14)15-12-16(20(21,22)23)29-19(25-15)26-17(27-29)18(30)24-6-7-28-8-10-32-11-9-28/h2-5,12H,6-11H2,1H3,(H,24,30). The van der Waals surface area contributed by atoms with E-state index in [0.29, 0.717) is 42.1 Å². The largest absolute Gasteiger partial charge is 0.497 e. The van der Waals surface area contributed by atoms with E-state index in [1.54, 1.807) is 24.3 Å². The Balaban J connectivity index is 1.59. The highest BCUT2D eigenvalue weighted by atomic mass is 19.4. The fraction of sp³-hybridized carbons (Fsp3) is 0.400. The number of aromatic nitrogens is 4. The number of benzene rings is 1. The van der Waals surface area contributed by atoms with E-state index in [2.05, 4.69) is 25.3 Å². The lowest BCUT2D eigenvalue weighted by Crippen LogP contribution is -2.41. The third-order valence-corrected chi connectivity index (χ3v) is 5.01. The van der Waals surface area contributed by atoms with Gasteiger partial charge in [0, 0.05) is 31.7 Å². The maximum absolute atomic E-state index is 13.7. The van der Waals surface area contributed by atoms with Crippen molar-refractivity contribution in [3.05, 3.63) is 41.9 Å². The molecule has 2 aromatic heterocycles. The fourth-order valence-electron chi connectivity index (χ4n) is 3.31. The van der Waals surface area contributed by atoms with Crippen LogP contribution in [0.2, 0.25) is 0 Å². The third kappa shape index (κ3) is 4.81. The summed E-state index contributed by atoms with van der Waals surface area (Å²) in [5.74, 6) is -0.798. The highest BCUT2D eigenvalue weighted by molar-refractivity contribution is 5.90. The molecule has 0 bridgehead atoms. The first-order chi connectivity index (χ1) is 15.3. The van der Waals surface area contributed by atoms with Crippen LogP contribution in [0.1, 0.15) is 16.3 Å². The maximum Gasteiger partial charge on any atom is 0.433 e. The molecule has 0 radical (unpaired) electrons. The molecule has 1 aliphatic rings. The second-order valence-electron chi connectivity index (χ2n) is 7.11. The molecule has 1 N–H and O–H groups in total. The van der Waals surface area contributed by atoms with Crippen molar-refractivity contribution in [1.29, 1.82) is 0 Å². The van der Waals surface area contributed by atoms with E-state index in [9.17, 15) is 18.0 Å². The van der Waals surface area contributed by atoms with Gasteiger partial charge in [-0.15, -0.1) is 5.10 Å². The second-order valence-corrected chi connectivity index (χ2v) is 7.11. The minimum absolute atomic E-state index is 0.0548. The van der Waals surface area contributed by atoms with Crippen molar-refractivity contribution in [2.24, 2.45) is 0 Å². The zero-order valence-electron chi connectivity index (χ0n) is 17.2. The van der Waals surface area contributed by atoms with Crippen LogP contribution in [-0.4, -0.2) is 76.9 Å². The van der Waals surface area contributed by atoms with Crippen LogP contribution < -0.4 is 10.1 Å². The van der Waals surface area contributed by atoms with Crippen molar-refractivity contribution in [3.8, 4) is 17.0 Å². The van der Waals surface area contributed by atoms with Gasteiger partial charge in [0.05, 0.1) is 26.0 Å². The molecule has 0 saturated carbocycles. The topological polar surface area (TPSA) is 93.9 Å². The molecule has 1 fully saturated rings. The Labute approximate surface area is 181 Å². The van der Waals surface area contributed by atoms with Crippen LogP contribution in [0.25, 0.3) is 17.0 Å².